The zero-order valence-electron chi connectivity index (χ0n) is 11.3. The van der Waals surface area contributed by atoms with Crippen LogP contribution in [0.1, 0.15) is 5.56 Å². The van der Waals surface area contributed by atoms with Crippen molar-refractivity contribution in [2.24, 2.45) is 0 Å². The van der Waals surface area contributed by atoms with Crippen LogP contribution in [0, 0.1) is 6.92 Å². The topological polar surface area (TPSA) is 92.9 Å². The van der Waals surface area contributed by atoms with Crippen molar-refractivity contribution in [1.29, 1.82) is 0 Å². The van der Waals surface area contributed by atoms with Crippen molar-refractivity contribution in [3.63, 3.8) is 0 Å². The summed E-state index contributed by atoms with van der Waals surface area (Å²) < 4.78 is 1.62. The highest BCUT2D eigenvalue weighted by Gasteiger charge is 2.12. The van der Waals surface area contributed by atoms with E-state index >= 15 is 0 Å². The molecule has 110 valence electrons. The minimum Gasteiger partial charge on any atom is -0.394 e. The van der Waals surface area contributed by atoms with Crippen LogP contribution in [0.25, 0.3) is 11.0 Å². The molecule has 0 amide bonds. The smallest absolute Gasteiger partial charge is 0.146 e. The number of nitrogens with zero attached hydrogens (tertiary/aromatic N) is 4. The van der Waals surface area contributed by atoms with Crippen LogP contribution in [0.5, 0.6) is 0 Å². The van der Waals surface area contributed by atoms with Gasteiger partial charge in [0.2, 0.25) is 0 Å². The Bertz CT molecular complexity index is 537. The summed E-state index contributed by atoms with van der Waals surface area (Å²) in [6.07, 6.45) is 0. The second-order valence-corrected chi connectivity index (χ2v) is 4.12. The van der Waals surface area contributed by atoms with E-state index in [1.807, 2.05) is 25.1 Å². The van der Waals surface area contributed by atoms with Crippen LogP contribution in [0.3, 0.4) is 0 Å². The summed E-state index contributed by atoms with van der Waals surface area (Å²) in [5, 5.41) is 26.9. The van der Waals surface area contributed by atoms with Gasteiger partial charge in [-0.1, -0.05) is 17.3 Å². The van der Waals surface area contributed by atoms with Gasteiger partial charge < -0.3 is 10.2 Å². The molecule has 1 aromatic carbocycles. The predicted octanol–water partition coefficient (Wildman–Crippen LogP) is -0.153. The van der Waals surface area contributed by atoms with E-state index in [0.717, 1.165) is 16.6 Å². The van der Waals surface area contributed by atoms with Gasteiger partial charge in [0.05, 0.1) is 31.9 Å². The van der Waals surface area contributed by atoms with Gasteiger partial charge in [0.1, 0.15) is 12.2 Å². The van der Waals surface area contributed by atoms with E-state index in [2.05, 4.69) is 10.3 Å². The van der Waals surface area contributed by atoms with Crippen LogP contribution in [-0.4, -0.2) is 56.9 Å². The van der Waals surface area contributed by atoms with Crippen molar-refractivity contribution in [1.82, 2.24) is 20.2 Å². The average Bonchev–Trinajstić information content (AvgIpc) is 2.86. The molecular weight excluding hydrogens is 264 g/mol. The molecule has 1 aromatic heterocycles. The Morgan fingerprint density at radius 1 is 1.20 bits per heavy atom. The van der Waals surface area contributed by atoms with Crippen LogP contribution in [-0.2, 0) is 16.3 Å². The van der Waals surface area contributed by atoms with E-state index < -0.39 is 0 Å². The number of rotatable bonds is 8. The molecule has 8 nitrogen and oxygen atoms in total. The molecule has 0 aliphatic rings. The second kappa shape index (κ2) is 7.27. The Labute approximate surface area is 116 Å². The maximum Gasteiger partial charge on any atom is 0.146 e. The van der Waals surface area contributed by atoms with Gasteiger partial charge in [0, 0.05) is 0 Å². The molecule has 2 N–H and O–H groups in total. The highest BCUT2D eigenvalue weighted by Crippen LogP contribution is 2.15. The summed E-state index contributed by atoms with van der Waals surface area (Å²) in [7, 11) is 0. The molecule has 2 rings (SSSR count). The third-order valence-electron chi connectivity index (χ3n) is 2.65. The normalized spacial score (nSPS) is 11.6. The Morgan fingerprint density at radius 3 is 2.55 bits per heavy atom. The highest BCUT2D eigenvalue weighted by atomic mass is 17.0. The minimum absolute atomic E-state index is 0.0943. The van der Waals surface area contributed by atoms with Gasteiger partial charge in [-0.3, -0.25) is 9.68 Å². The van der Waals surface area contributed by atoms with E-state index in [4.69, 9.17) is 19.9 Å². The first-order valence-electron chi connectivity index (χ1n) is 6.30. The van der Waals surface area contributed by atoms with Crippen molar-refractivity contribution in [2.45, 2.75) is 13.6 Å². The Hall–Kier alpha value is -1.58. The molecular formula is C12H18N4O4. The summed E-state index contributed by atoms with van der Waals surface area (Å²) in [5.74, 6) is 0. The fourth-order valence-corrected chi connectivity index (χ4v) is 1.75. The van der Waals surface area contributed by atoms with Crippen LogP contribution in [0.4, 0.5) is 0 Å². The lowest BCUT2D eigenvalue weighted by Gasteiger charge is -2.20. The monoisotopic (exact) mass is 282 g/mol. The zero-order chi connectivity index (χ0) is 14.4. The lowest BCUT2D eigenvalue weighted by molar-refractivity contribution is -0.387. The van der Waals surface area contributed by atoms with Crippen molar-refractivity contribution >= 4 is 11.0 Å². The quantitative estimate of drug-likeness (QED) is 0.650. The first-order chi connectivity index (χ1) is 9.76. The molecule has 0 radical (unpaired) electrons. The van der Waals surface area contributed by atoms with Crippen molar-refractivity contribution in [3.8, 4) is 0 Å². The number of fused-ring (bicyclic) bond motifs is 1. The molecule has 20 heavy (non-hydrogen) atoms. The average molecular weight is 282 g/mol. The van der Waals surface area contributed by atoms with Gasteiger partial charge >= 0.3 is 0 Å². The van der Waals surface area contributed by atoms with Crippen LogP contribution >= 0.6 is 0 Å². The summed E-state index contributed by atoms with van der Waals surface area (Å²) >= 11 is 0. The number of hydrogen-bond donors (Lipinski definition) is 2. The van der Waals surface area contributed by atoms with Crippen molar-refractivity contribution < 1.29 is 19.9 Å². The van der Waals surface area contributed by atoms with Gasteiger partial charge in [0.25, 0.3) is 0 Å². The maximum atomic E-state index is 8.78. The number of aliphatic hydroxyl groups is 2. The third kappa shape index (κ3) is 3.50. The molecule has 0 saturated carbocycles. The predicted molar refractivity (Wildman–Crippen MR) is 70.2 cm³/mol. The van der Waals surface area contributed by atoms with Gasteiger partial charge in [-0.2, -0.15) is 0 Å². The molecule has 0 aliphatic heterocycles. The molecule has 0 atom stereocenters. The molecule has 8 heteroatoms. The van der Waals surface area contributed by atoms with E-state index in [1.54, 1.807) is 4.68 Å². The number of benzene rings is 1. The number of aliphatic hydroxyl groups excluding tert-OH is 2. The molecule has 1 heterocycles. The first-order valence-corrected chi connectivity index (χ1v) is 6.30. The molecule has 0 spiro atoms. The Balaban J connectivity index is 2.13. The van der Waals surface area contributed by atoms with E-state index in [0.29, 0.717) is 0 Å². The molecule has 0 unspecified atom stereocenters. The second-order valence-electron chi connectivity index (χ2n) is 4.12. The van der Waals surface area contributed by atoms with E-state index in [9.17, 15) is 0 Å². The van der Waals surface area contributed by atoms with E-state index in [1.165, 1.54) is 5.23 Å². The lowest BCUT2D eigenvalue weighted by atomic mass is 10.2. The SMILES string of the molecule is Cc1cccc2c1nnn2CN(OCCO)OCCO. The Kier molecular flexibility index (Phi) is 5.39. The van der Waals surface area contributed by atoms with Crippen LogP contribution in [0.15, 0.2) is 18.2 Å². The molecule has 0 fully saturated rings. The first kappa shape index (κ1) is 14.8. The number of hydroxylamine groups is 2. The molecule has 0 bridgehead atoms. The lowest BCUT2D eigenvalue weighted by Crippen LogP contribution is -2.30. The van der Waals surface area contributed by atoms with Crippen LogP contribution in [0.2, 0.25) is 0 Å². The van der Waals surface area contributed by atoms with Gasteiger partial charge in [0.15, 0.2) is 0 Å². The number of aryl methyl sites for hydroxylation is 1. The number of hydrogen-bond acceptors (Lipinski definition) is 7. The largest absolute Gasteiger partial charge is 0.394 e. The van der Waals surface area contributed by atoms with E-state index in [-0.39, 0.29) is 33.1 Å². The fraction of sp³-hybridized carbons (Fsp3) is 0.500. The fourth-order valence-electron chi connectivity index (χ4n) is 1.75. The molecule has 0 aliphatic carbocycles. The standard InChI is InChI=1S/C12H18N4O4/c1-10-3-2-4-11-12(10)13-14-15(11)9-16(19-7-5-17)20-8-6-18/h2-4,17-18H,5-9H2,1H3. The van der Waals surface area contributed by atoms with Gasteiger partial charge in [-0.25, -0.2) is 4.68 Å². The summed E-state index contributed by atoms with van der Waals surface area (Å²) in [4.78, 5) is 10.4. The highest BCUT2D eigenvalue weighted by molar-refractivity contribution is 5.77. The zero-order valence-corrected chi connectivity index (χ0v) is 11.3. The summed E-state index contributed by atoms with van der Waals surface area (Å²) in [6.45, 7) is 2.07. The minimum atomic E-state index is -0.129. The van der Waals surface area contributed by atoms with Gasteiger partial charge in [-0.15, -0.1) is 5.10 Å². The Morgan fingerprint density at radius 2 is 1.90 bits per heavy atom. The maximum absolute atomic E-state index is 8.78. The van der Waals surface area contributed by atoms with Crippen LogP contribution < -0.4 is 0 Å². The summed E-state index contributed by atoms with van der Waals surface area (Å²) in [5.41, 5.74) is 2.71. The van der Waals surface area contributed by atoms with Crippen molar-refractivity contribution in [3.05, 3.63) is 23.8 Å². The summed E-state index contributed by atoms with van der Waals surface area (Å²) in [6, 6.07) is 5.78. The third-order valence-corrected chi connectivity index (χ3v) is 2.65. The molecule has 0 saturated heterocycles. The van der Waals surface area contributed by atoms with Crippen molar-refractivity contribution in [2.75, 3.05) is 26.4 Å². The van der Waals surface area contributed by atoms with Gasteiger partial charge in [-0.05, 0) is 23.8 Å². The molecule has 2 aromatic rings. The number of aromatic nitrogens is 3.